The van der Waals surface area contributed by atoms with E-state index in [1.54, 1.807) is 0 Å². The molecular weight excluding hydrogens is 306 g/mol. The Morgan fingerprint density at radius 3 is 2.36 bits per heavy atom. The van der Waals surface area contributed by atoms with Gasteiger partial charge in [-0.1, -0.05) is 51.1 Å². The van der Waals surface area contributed by atoms with Gasteiger partial charge in [0.15, 0.2) is 0 Å². The summed E-state index contributed by atoms with van der Waals surface area (Å²) in [5.74, 6) is 0.940. The van der Waals surface area contributed by atoms with Crippen LogP contribution in [0.25, 0.3) is 23.1 Å². The smallest absolute Gasteiger partial charge is 0.135 e. The number of allylic oxidation sites excluding steroid dienone is 2. The molecule has 0 fully saturated rings. The lowest BCUT2D eigenvalue weighted by Crippen LogP contribution is -2.10. The summed E-state index contributed by atoms with van der Waals surface area (Å²) in [7, 11) is 0. The molecule has 126 valence electrons. The Bertz CT molecular complexity index is 966. The Hall–Kier alpha value is -2.74. The minimum absolute atomic E-state index is 0.172. The minimum Gasteiger partial charge on any atom is -0.456 e. The highest BCUT2D eigenvalue weighted by Crippen LogP contribution is 2.33. The van der Waals surface area contributed by atoms with Gasteiger partial charge in [0.25, 0.3) is 0 Å². The maximum Gasteiger partial charge on any atom is 0.135 e. The van der Waals surface area contributed by atoms with E-state index in [1.807, 2.05) is 6.07 Å². The molecule has 0 saturated carbocycles. The normalized spacial score (nSPS) is 13.7. The molecule has 2 heteroatoms. The van der Waals surface area contributed by atoms with E-state index in [0.29, 0.717) is 0 Å². The van der Waals surface area contributed by atoms with E-state index >= 15 is 0 Å². The van der Waals surface area contributed by atoms with Crippen LogP contribution in [0.15, 0.2) is 59.0 Å². The van der Waals surface area contributed by atoms with Crippen LogP contribution in [0, 0.1) is 0 Å². The monoisotopic (exact) mass is 329 g/mol. The van der Waals surface area contributed by atoms with Crippen molar-refractivity contribution < 1.29 is 4.42 Å². The van der Waals surface area contributed by atoms with Gasteiger partial charge < -0.3 is 9.73 Å². The number of nitrogens with one attached hydrogen (secondary N) is 1. The quantitative estimate of drug-likeness (QED) is 0.553. The molecule has 3 aromatic rings. The number of fused-ring (bicyclic) bond motifs is 3. The van der Waals surface area contributed by atoms with Crippen molar-refractivity contribution in [2.75, 3.05) is 5.32 Å². The first-order chi connectivity index (χ1) is 12.0. The molecule has 0 radical (unpaired) electrons. The number of rotatable bonds is 2. The maximum absolute atomic E-state index is 5.96. The fourth-order valence-electron chi connectivity index (χ4n) is 3.17. The van der Waals surface area contributed by atoms with Crippen LogP contribution in [0.5, 0.6) is 0 Å². The van der Waals surface area contributed by atoms with Gasteiger partial charge in [0.1, 0.15) is 11.3 Å². The molecule has 0 amide bonds. The molecule has 0 atom stereocenters. The fraction of sp³-hybridized carbons (Fsp3) is 0.217. The third-order valence-electron chi connectivity index (χ3n) is 4.62. The second-order valence-electron chi connectivity index (χ2n) is 7.58. The molecule has 4 rings (SSSR count). The van der Waals surface area contributed by atoms with Gasteiger partial charge in [-0.15, -0.1) is 0 Å². The van der Waals surface area contributed by atoms with Crippen molar-refractivity contribution >= 4 is 34.5 Å². The molecule has 25 heavy (non-hydrogen) atoms. The number of hydrogen-bond acceptors (Lipinski definition) is 2. The molecule has 0 saturated heterocycles. The largest absolute Gasteiger partial charge is 0.456 e. The highest BCUT2D eigenvalue weighted by atomic mass is 16.3. The molecule has 1 aliphatic carbocycles. The van der Waals surface area contributed by atoms with Gasteiger partial charge in [-0.25, -0.2) is 0 Å². The molecule has 0 unspecified atom stereocenters. The lowest BCUT2D eigenvalue weighted by molar-refractivity contribution is 0.590. The molecule has 1 N–H and O–H groups in total. The number of hydrogen-bond donors (Lipinski definition) is 1. The van der Waals surface area contributed by atoms with Crippen LogP contribution in [0.2, 0.25) is 0 Å². The molecule has 0 spiro atoms. The highest BCUT2D eigenvalue weighted by molar-refractivity contribution is 5.93. The van der Waals surface area contributed by atoms with Gasteiger partial charge >= 0.3 is 0 Å². The summed E-state index contributed by atoms with van der Waals surface area (Å²) in [6, 6.07) is 14.9. The molecule has 1 heterocycles. The third-order valence-corrected chi connectivity index (χ3v) is 4.62. The van der Waals surface area contributed by atoms with Crippen molar-refractivity contribution in [3.05, 3.63) is 71.5 Å². The van der Waals surface area contributed by atoms with Crippen LogP contribution in [0.4, 0.5) is 11.4 Å². The fourth-order valence-corrected chi connectivity index (χ4v) is 3.17. The van der Waals surface area contributed by atoms with Crippen LogP contribution in [-0.2, 0) is 5.41 Å². The lowest BCUT2D eigenvalue weighted by atomic mass is 9.87. The van der Waals surface area contributed by atoms with E-state index in [4.69, 9.17) is 4.42 Å². The van der Waals surface area contributed by atoms with Crippen molar-refractivity contribution in [2.24, 2.45) is 0 Å². The summed E-state index contributed by atoms with van der Waals surface area (Å²) in [4.78, 5) is 0. The van der Waals surface area contributed by atoms with Crippen LogP contribution >= 0.6 is 0 Å². The van der Waals surface area contributed by atoms with Crippen LogP contribution < -0.4 is 5.32 Å². The van der Waals surface area contributed by atoms with E-state index < -0.39 is 0 Å². The Kier molecular flexibility index (Phi) is 3.76. The predicted octanol–water partition coefficient (Wildman–Crippen LogP) is 6.90. The molecule has 0 aliphatic heterocycles. The Morgan fingerprint density at radius 1 is 0.880 bits per heavy atom. The van der Waals surface area contributed by atoms with E-state index in [2.05, 4.69) is 86.8 Å². The van der Waals surface area contributed by atoms with Crippen molar-refractivity contribution in [2.45, 2.75) is 32.6 Å². The first-order valence-corrected chi connectivity index (χ1v) is 8.78. The van der Waals surface area contributed by atoms with Gasteiger partial charge in [0.05, 0.1) is 0 Å². The first-order valence-electron chi connectivity index (χ1n) is 8.78. The highest BCUT2D eigenvalue weighted by Gasteiger charge is 2.14. The summed E-state index contributed by atoms with van der Waals surface area (Å²) >= 11 is 0. The predicted molar refractivity (Wildman–Crippen MR) is 107 cm³/mol. The number of anilines is 2. The van der Waals surface area contributed by atoms with Crippen LogP contribution in [-0.4, -0.2) is 0 Å². The Labute approximate surface area is 148 Å². The SMILES string of the molecule is CC(C)(C)c1ccc(Nc2ccc3oc4c(c3c2)C=CCC=C4)cc1. The van der Waals surface area contributed by atoms with Crippen molar-refractivity contribution in [1.29, 1.82) is 0 Å². The van der Waals surface area contributed by atoms with Gasteiger partial charge in [0, 0.05) is 22.3 Å². The topological polar surface area (TPSA) is 25.2 Å². The summed E-state index contributed by atoms with van der Waals surface area (Å²) in [6.45, 7) is 6.70. The van der Waals surface area contributed by atoms with Gasteiger partial charge in [-0.3, -0.25) is 0 Å². The van der Waals surface area contributed by atoms with Gasteiger partial charge in [-0.2, -0.15) is 0 Å². The second-order valence-corrected chi connectivity index (χ2v) is 7.58. The molecule has 1 aliphatic rings. The zero-order valence-corrected chi connectivity index (χ0v) is 15.0. The van der Waals surface area contributed by atoms with Crippen molar-refractivity contribution in [3.8, 4) is 0 Å². The molecule has 1 aromatic heterocycles. The minimum atomic E-state index is 0.172. The number of benzene rings is 2. The van der Waals surface area contributed by atoms with Crippen LogP contribution in [0.1, 0.15) is 44.1 Å². The van der Waals surface area contributed by atoms with E-state index in [-0.39, 0.29) is 5.41 Å². The first kappa shape index (κ1) is 15.8. The van der Waals surface area contributed by atoms with Crippen molar-refractivity contribution in [3.63, 3.8) is 0 Å². The molecule has 2 nitrogen and oxygen atoms in total. The average Bonchev–Trinajstić information content (AvgIpc) is 2.76. The Balaban J connectivity index is 1.66. The summed E-state index contributed by atoms with van der Waals surface area (Å²) in [6.07, 6.45) is 9.46. The molecule has 0 bridgehead atoms. The van der Waals surface area contributed by atoms with E-state index in [1.165, 1.54) is 5.56 Å². The molecular formula is C23H23NO. The summed E-state index contributed by atoms with van der Waals surface area (Å²) in [5, 5.41) is 4.65. The zero-order valence-electron chi connectivity index (χ0n) is 15.0. The second kappa shape index (κ2) is 5.96. The third kappa shape index (κ3) is 3.12. The standard InChI is InChI=1S/C23H23NO/c1-23(2,3)16-9-11-17(12-10-16)24-18-13-14-22-20(15-18)19-7-5-4-6-8-21(19)25-22/h5-15,24H,4H2,1-3H3. The maximum atomic E-state index is 5.96. The molecule has 2 aromatic carbocycles. The van der Waals surface area contributed by atoms with E-state index in [9.17, 15) is 0 Å². The van der Waals surface area contributed by atoms with Gasteiger partial charge in [-0.05, 0) is 53.8 Å². The van der Waals surface area contributed by atoms with E-state index in [0.717, 1.165) is 40.1 Å². The number of furan rings is 1. The lowest BCUT2D eigenvalue weighted by Gasteiger charge is -2.19. The summed E-state index contributed by atoms with van der Waals surface area (Å²) in [5.41, 5.74) is 5.76. The average molecular weight is 329 g/mol. The van der Waals surface area contributed by atoms with Crippen molar-refractivity contribution in [1.82, 2.24) is 0 Å². The Morgan fingerprint density at radius 2 is 1.60 bits per heavy atom. The van der Waals surface area contributed by atoms with Crippen LogP contribution in [0.3, 0.4) is 0 Å². The zero-order chi connectivity index (χ0) is 17.4. The summed E-state index contributed by atoms with van der Waals surface area (Å²) < 4.78 is 5.96. The van der Waals surface area contributed by atoms with Gasteiger partial charge in [0.2, 0.25) is 0 Å².